The first-order valence-corrected chi connectivity index (χ1v) is 10.5. The van der Waals surface area contributed by atoms with E-state index in [1.807, 2.05) is 36.4 Å². The molecule has 0 bridgehead atoms. The van der Waals surface area contributed by atoms with Crippen molar-refractivity contribution >= 4 is 19.1 Å². The minimum absolute atomic E-state index is 0.123. The van der Waals surface area contributed by atoms with E-state index in [1.165, 1.54) is 5.19 Å². The predicted molar refractivity (Wildman–Crippen MR) is 94.9 cm³/mol. The molecular formula is C18H24N2OSi. The minimum Gasteiger partial charge on any atom is -0.505 e. The van der Waals surface area contributed by atoms with Gasteiger partial charge in [0, 0.05) is 5.56 Å². The Morgan fingerprint density at radius 3 is 2.14 bits per heavy atom. The topological polar surface area (TPSA) is 45.0 Å². The Morgan fingerprint density at radius 1 is 0.909 bits per heavy atom. The highest BCUT2D eigenvalue weighted by atomic mass is 28.3. The second-order valence-corrected chi connectivity index (χ2v) is 10.9. The normalized spacial score (nSPS) is 12.8. The lowest BCUT2D eigenvalue weighted by molar-refractivity contribution is 0.448. The van der Waals surface area contributed by atoms with Gasteiger partial charge in [0.25, 0.3) is 0 Å². The fraction of sp³-hybridized carbons (Fsp3) is 0.333. The molecule has 0 unspecified atom stereocenters. The molecular weight excluding hydrogens is 288 g/mol. The molecule has 116 valence electrons. The highest BCUT2D eigenvalue weighted by Crippen LogP contribution is 2.37. The van der Waals surface area contributed by atoms with Crippen LogP contribution in [-0.2, 0) is 5.41 Å². The summed E-state index contributed by atoms with van der Waals surface area (Å²) in [5.74, 6) is 0.233. The van der Waals surface area contributed by atoms with E-state index in [-0.39, 0.29) is 11.2 Å². The van der Waals surface area contributed by atoms with Crippen LogP contribution in [0.15, 0.2) is 58.4 Å². The summed E-state index contributed by atoms with van der Waals surface area (Å²) in [7, 11) is -2.00. The lowest BCUT2D eigenvalue weighted by atomic mass is 9.86. The lowest BCUT2D eigenvalue weighted by Gasteiger charge is -2.21. The lowest BCUT2D eigenvalue weighted by Crippen LogP contribution is -2.38. The van der Waals surface area contributed by atoms with Crippen LogP contribution in [-0.4, -0.2) is 13.3 Å². The Labute approximate surface area is 133 Å². The number of hydrogen-bond acceptors (Lipinski definition) is 3. The van der Waals surface area contributed by atoms with Crippen LogP contribution >= 0.6 is 0 Å². The molecule has 4 heteroatoms. The molecule has 2 rings (SSSR count). The van der Waals surface area contributed by atoms with Crippen molar-refractivity contribution in [2.45, 2.75) is 39.3 Å². The van der Waals surface area contributed by atoms with Crippen LogP contribution < -0.4 is 5.19 Å². The van der Waals surface area contributed by atoms with E-state index in [0.717, 1.165) is 5.56 Å². The van der Waals surface area contributed by atoms with E-state index < -0.39 is 8.24 Å². The van der Waals surface area contributed by atoms with Crippen molar-refractivity contribution in [1.29, 1.82) is 0 Å². The summed E-state index contributed by atoms with van der Waals surface area (Å²) in [4.78, 5) is 0. The number of para-hydroxylation sites is 1. The maximum Gasteiger partial charge on any atom is 0.234 e. The molecule has 3 nitrogen and oxygen atoms in total. The molecule has 0 fully saturated rings. The SMILES string of the molecule is CC(C)(C)c1cccc(N=N[Si](C)(C)c2ccccc2)c1O. The number of phenolic OH excluding ortho intramolecular Hbond substituents is 1. The Bertz CT molecular complexity index is 673. The van der Waals surface area contributed by atoms with Gasteiger partial charge in [0.15, 0.2) is 0 Å². The van der Waals surface area contributed by atoms with Gasteiger partial charge in [0.1, 0.15) is 11.4 Å². The molecule has 0 heterocycles. The molecule has 22 heavy (non-hydrogen) atoms. The van der Waals surface area contributed by atoms with Crippen molar-refractivity contribution in [3.63, 3.8) is 0 Å². The Balaban J connectivity index is 2.35. The van der Waals surface area contributed by atoms with Gasteiger partial charge < -0.3 is 5.11 Å². The van der Waals surface area contributed by atoms with Crippen LogP contribution in [0.2, 0.25) is 13.1 Å². The van der Waals surface area contributed by atoms with Crippen molar-refractivity contribution in [2.75, 3.05) is 0 Å². The molecule has 0 saturated carbocycles. The first-order chi connectivity index (χ1) is 10.2. The van der Waals surface area contributed by atoms with Crippen molar-refractivity contribution in [3.05, 3.63) is 54.1 Å². The molecule has 0 spiro atoms. The van der Waals surface area contributed by atoms with Crippen molar-refractivity contribution in [1.82, 2.24) is 0 Å². The average molecular weight is 312 g/mol. The highest BCUT2D eigenvalue weighted by Gasteiger charge is 2.24. The highest BCUT2D eigenvalue weighted by molar-refractivity contribution is 6.88. The molecule has 0 aliphatic carbocycles. The third-order valence-corrected chi connectivity index (χ3v) is 6.06. The van der Waals surface area contributed by atoms with Crippen LogP contribution in [0.4, 0.5) is 5.69 Å². The van der Waals surface area contributed by atoms with Crippen molar-refractivity contribution in [2.24, 2.45) is 9.89 Å². The van der Waals surface area contributed by atoms with Gasteiger partial charge in [0.2, 0.25) is 8.24 Å². The van der Waals surface area contributed by atoms with E-state index in [9.17, 15) is 5.11 Å². The van der Waals surface area contributed by atoms with Crippen LogP contribution in [0.25, 0.3) is 0 Å². The van der Waals surface area contributed by atoms with E-state index in [0.29, 0.717) is 5.69 Å². The monoisotopic (exact) mass is 312 g/mol. The minimum atomic E-state index is -2.00. The predicted octanol–water partition coefficient (Wildman–Crippen LogP) is 4.89. The summed E-state index contributed by atoms with van der Waals surface area (Å²) in [5.41, 5.74) is 1.31. The summed E-state index contributed by atoms with van der Waals surface area (Å²) in [6.45, 7) is 10.5. The third-order valence-electron chi connectivity index (χ3n) is 3.71. The van der Waals surface area contributed by atoms with Gasteiger partial charge in [-0.05, 0) is 29.8 Å². The molecule has 0 atom stereocenters. The summed E-state index contributed by atoms with van der Waals surface area (Å²) >= 11 is 0. The second kappa shape index (κ2) is 6.05. The Kier molecular flexibility index (Phi) is 4.51. The Hall–Kier alpha value is -1.94. The summed E-state index contributed by atoms with van der Waals surface area (Å²) < 4.78 is 4.58. The quantitative estimate of drug-likeness (QED) is 0.637. The molecule has 2 aromatic carbocycles. The number of hydrogen-bond donors (Lipinski definition) is 1. The van der Waals surface area contributed by atoms with E-state index in [4.69, 9.17) is 0 Å². The fourth-order valence-electron chi connectivity index (χ4n) is 2.30. The molecule has 2 aromatic rings. The summed E-state index contributed by atoms with van der Waals surface area (Å²) in [6, 6.07) is 15.9. The van der Waals surface area contributed by atoms with Gasteiger partial charge in [-0.2, -0.15) is 5.11 Å². The van der Waals surface area contributed by atoms with Crippen molar-refractivity contribution < 1.29 is 5.11 Å². The van der Waals surface area contributed by atoms with Crippen molar-refractivity contribution in [3.8, 4) is 5.75 Å². The van der Waals surface area contributed by atoms with Crippen LogP contribution in [0.1, 0.15) is 26.3 Å². The third kappa shape index (κ3) is 3.63. The largest absolute Gasteiger partial charge is 0.505 e. The summed E-state index contributed by atoms with van der Waals surface area (Å²) in [5, 5.41) is 16.0. The standard InChI is InChI=1S/C18H24N2OSi/c1-18(2,3)15-12-9-13-16(17(15)21)19-20-22(4,5)14-10-7-6-8-11-14/h6-13,21H,1-5H3. The molecule has 0 aliphatic heterocycles. The van der Waals surface area contributed by atoms with Gasteiger partial charge in [-0.15, -0.1) is 0 Å². The van der Waals surface area contributed by atoms with Crippen LogP contribution in [0.5, 0.6) is 5.75 Å². The molecule has 0 saturated heterocycles. The van der Waals surface area contributed by atoms with Crippen LogP contribution in [0.3, 0.4) is 0 Å². The first kappa shape index (κ1) is 16.4. The van der Waals surface area contributed by atoms with Gasteiger partial charge >= 0.3 is 0 Å². The van der Waals surface area contributed by atoms with Gasteiger partial charge in [-0.25, -0.2) is 4.78 Å². The Morgan fingerprint density at radius 2 is 1.55 bits per heavy atom. The number of nitrogens with zero attached hydrogens (tertiary/aromatic N) is 2. The maximum atomic E-state index is 10.5. The molecule has 0 aromatic heterocycles. The zero-order valence-corrected chi connectivity index (χ0v) is 15.0. The van der Waals surface area contributed by atoms with Gasteiger partial charge in [-0.1, -0.05) is 63.2 Å². The molecule has 0 aliphatic rings. The first-order valence-electron chi connectivity index (χ1n) is 7.53. The number of benzene rings is 2. The zero-order chi connectivity index (χ0) is 16.4. The van der Waals surface area contributed by atoms with E-state index in [2.05, 4.69) is 55.9 Å². The van der Waals surface area contributed by atoms with Crippen LogP contribution in [0, 0.1) is 0 Å². The van der Waals surface area contributed by atoms with E-state index in [1.54, 1.807) is 0 Å². The average Bonchev–Trinajstić information content (AvgIpc) is 2.46. The molecule has 1 N–H and O–H groups in total. The molecule has 0 amide bonds. The van der Waals surface area contributed by atoms with Gasteiger partial charge in [-0.3, -0.25) is 0 Å². The number of aromatic hydroxyl groups is 1. The number of phenols is 1. The molecule has 0 radical (unpaired) electrons. The smallest absolute Gasteiger partial charge is 0.234 e. The summed E-state index contributed by atoms with van der Waals surface area (Å²) in [6.07, 6.45) is 0. The van der Waals surface area contributed by atoms with Gasteiger partial charge in [0.05, 0.1) is 0 Å². The second-order valence-electron chi connectivity index (χ2n) is 7.05. The fourth-order valence-corrected chi connectivity index (χ4v) is 3.78. The maximum absolute atomic E-state index is 10.5. The van der Waals surface area contributed by atoms with E-state index >= 15 is 0 Å². The number of rotatable bonds is 3. The zero-order valence-electron chi connectivity index (χ0n) is 14.0.